The minimum Gasteiger partial charge on any atom is -0.497 e. The smallest absolute Gasteiger partial charge is 0.119 e. The normalized spacial score (nSPS) is 13.4. The van der Waals surface area contributed by atoms with Crippen molar-refractivity contribution in [2.45, 2.75) is 66.5 Å². The second-order valence-electron chi connectivity index (χ2n) is 7.10. The molecule has 0 amide bonds. The molecule has 0 radical (unpaired) electrons. The lowest BCUT2D eigenvalue weighted by atomic mass is 10.0. The third-order valence-electron chi connectivity index (χ3n) is 4.93. The Kier molecular flexibility index (Phi) is 11.4. The van der Waals surface area contributed by atoms with Gasteiger partial charge in [-0.15, -0.1) is 6.58 Å². The molecule has 28 heavy (non-hydrogen) atoms. The number of unbranched alkanes of at least 4 members (excludes halogenated alkanes) is 1. The summed E-state index contributed by atoms with van der Waals surface area (Å²) in [6.07, 6.45) is 10.8. The lowest BCUT2D eigenvalue weighted by Crippen LogP contribution is -2.27. The van der Waals surface area contributed by atoms with E-state index < -0.39 is 0 Å². The molecule has 1 aliphatic rings. The Morgan fingerprint density at radius 1 is 1.21 bits per heavy atom. The van der Waals surface area contributed by atoms with Gasteiger partial charge in [-0.3, -0.25) is 0 Å². The minimum absolute atomic E-state index is 0.951. The van der Waals surface area contributed by atoms with Crippen molar-refractivity contribution in [2.24, 2.45) is 0 Å². The third kappa shape index (κ3) is 6.56. The Bertz CT molecular complexity index is 743. The zero-order valence-corrected chi connectivity index (χ0v) is 18.9. The molecule has 156 valence electrons. The number of aryl methyl sites for hydroxylation is 1. The van der Waals surface area contributed by atoms with Gasteiger partial charge < -0.3 is 14.2 Å². The van der Waals surface area contributed by atoms with Crippen molar-refractivity contribution in [1.29, 1.82) is 0 Å². The molecule has 0 saturated carbocycles. The van der Waals surface area contributed by atoms with Gasteiger partial charge >= 0.3 is 0 Å². The van der Waals surface area contributed by atoms with E-state index in [1.165, 1.54) is 28.6 Å². The topological polar surface area (TPSA) is 17.4 Å². The number of hydrogen-bond acceptors (Lipinski definition) is 2. The van der Waals surface area contributed by atoms with E-state index in [0.29, 0.717) is 0 Å². The number of hydrogen-bond donors (Lipinski definition) is 0. The van der Waals surface area contributed by atoms with Crippen molar-refractivity contribution in [3.63, 3.8) is 0 Å². The first-order valence-electron chi connectivity index (χ1n) is 10.7. The van der Waals surface area contributed by atoms with Crippen LogP contribution in [0.5, 0.6) is 5.75 Å². The predicted octanol–water partition coefficient (Wildman–Crippen LogP) is 6.60. The molecule has 0 aliphatic carbocycles. The molecule has 1 aromatic heterocycles. The Labute approximate surface area is 172 Å². The number of nitrogens with zero attached hydrogens (tertiary/aromatic N) is 2. The van der Waals surface area contributed by atoms with Crippen LogP contribution in [-0.2, 0) is 19.5 Å². The second kappa shape index (κ2) is 13.2. The molecule has 1 aromatic carbocycles. The average Bonchev–Trinajstić information content (AvgIpc) is 3.02. The predicted molar refractivity (Wildman–Crippen MR) is 124 cm³/mol. The molecular weight excluding hydrogens is 344 g/mol. The van der Waals surface area contributed by atoms with E-state index in [9.17, 15) is 0 Å². The van der Waals surface area contributed by atoms with Gasteiger partial charge in [-0.25, -0.2) is 0 Å². The van der Waals surface area contributed by atoms with Crippen LogP contribution >= 0.6 is 0 Å². The standard InChI is InChI=1S/C15H20N2O.2C5H10/c1-4-17-14-6-5-11(18-3)9-12(14)13-10-16(2)8-7-15(13)17;2*1-3-5-4-2/h5-6,9H,4,7-8,10H2,1-3H3;3,5H,4H2,1-2H3;3H,1,4-5H2,2H3/b;5-3-;. The summed E-state index contributed by atoms with van der Waals surface area (Å²) in [5.74, 6) is 0.951. The highest BCUT2D eigenvalue weighted by molar-refractivity contribution is 5.87. The monoisotopic (exact) mass is 384 g/mol. The maximum atomic E-state index is 5.36. The summed E-state index contributed by atoms with van der Waals surface area (Å²) in [6.45, 7) is 15.3. The summed E-state index contributed by atoms with van der Waals surface area (Å²) in [6, 6.07) is 6.43. The molecule has 0 saturated heterocycles. The van der Waals surface area contributed by atoms with Crippen LogP contribution in [0.3, 0.4) is 0 Å². The van der Waals surface area contributed by atoms with Crippen molar-refractivity contribution >= 4 is 10.9 Å². The highest BCUT2D eigenvalue weighted by Gasteiger charge is 2.21. The summed E-state index contributed by atoms with van der Waals surface area (Å²) >= 11 is 0. The third-order valence-corrected chi connectivity index (χ3v) is 4.93. The summed E-state index contributed by atoms with van der Waals surface area (Å²) in [4.78, 5) is 2.39. The van der Waals surface area contributed by atoms with E-state index in [2.05, 4.69) is 74.2 Å². The Morgan fingerprint density at radius 2 is 1.96 bits per heavy atom. The minimum atomic E-state index is 0.951. The van der Waals surface area contributed by atoms with Crippen molar-refractivity contribution in [3.05, 3.63) is 54.3 Å². The molecule has 2 aromatic rings. The van der Waals surface area contributed by atoms with Crippen molar-refractivity contribution in [3.8, 4) is 5.75 Å². The van der Waals surface area contributed by atoms with Crippen LogP contribution in [0.2, 0.25) is 0 Å². The van der Waals surface area contributed by atoms with E-state index in [1.54, 1.807) is 7.11 Å². The molecule has 3 heteroatoms. The molecule has 0 bridgehead atoms. The molecule has 3 rings (SSSR count). The van der Waals surface area contributed by atoms with Gasteiger partial charge in [0.25, 0.3) is 0 Å². The second-order valence-corrected chi connectivity index (χ2v) is 7.10. The first kappa shape index (κ1) is 24.0. The zero-order chi connectivity index (χ0) is 20.9. The van der Waals surface area contributed by atoms with Crippen LogP contribution in [-0.4, -0.2) is 30.2 Å². The van der Waals surface area contributed by atoms with Crippen LogP contribution < -0.4 is 4.74 Å². The Hall–Kier alpha value is -2.00. The molecule has 2 heterocycles. The number of ether oxygens (including phenoxy) is 1. The van der Waals surface area contributed by atoms with E-state index in [4.69, 9.17) is 4.74 Å². The average molecular weight is 385 g/mol. The fourth-order valence-electron chi connectivity index (χ4n) is 3.49. The van der Waals surface area contributed by atoms with E-state index in [-0.39, 0.29) is 0 Å². The molecular formula is C25H40N2O. The first-order chi connectivity index (χ1) is 13.6. The van der Waals surface area contributed by atoms with Gasteiger partial charge in [0.1, 0.15) is 5.75 Å². The lowest BCUT2D eigenvalue weighted by Gasteiger charge is -2.24. The van der Waals surface area contributed by atoms with Gasteiger partial charge in [0.05, 0.1) is 7.11 Å². The number of benzene rings is 1. The van der Waals surface area contributed by atoms with Crippen LogP contribution in [0, 0.1) is 0 Å². The van der Waals surface area contributed by atoms with Crippen LogP contribution in [0.1, 0.15) is 58.2 Å². The molecule has 3 nitrogen and oxygen atoms in total. The molecule has 0 fully saturated rings. The number of likely N-dealkylation sites (N-methyl/N-ethyl adjacent to an activating group) is 1. The fraction of sp³-hybridized carbons (Fsp3) is 0.520. The Balaban J connectivity index is 0.000000329. The van der Waals surface area contributed by atoms with Gasteiger partial charge in [-0.05, 0) is 57.5 Å². The highest BCUT2D eigenvalue weighted by Crippen LogP contribution is 2.32. The maximum Gasteiger partial charge on any atom is 0.119 e. The van der Waals surface area contributed by atoms with Crippen molar-refractivity contribution in [1.82, 2.24) is 9.47 Å². The molecule has 0 atom stereocenters. The van der Waals surface area contributed by atoms with Crippen LogP contribution in [0.15, 0.2) is 43.0 Å². The quantitative estimate of drug-likeness (QED) is 0.540. The van der Waals surface area contributed by atoms with E-state index in [0.717, 1.165) is 44.6 Å². The van der Waals surface area contributed by atoms with Gasteiger partial charge in [0.2, 0.25) is 0 Å². The van der Waals surface area contributed by atoms with E-state index >= 15 is 0 Å². The number of rotatable bonds is 5. The van der Waals surface area contributed by atoms with Gasteiger partial charge in [0, 0.05) is 42.7 Å². The fourth-order valence-corrected chi connectivity index (χ4v) is 3.49. The summed E-state index contributed by atoms with van der Waals surface area (Å²) in [7, 11) is 3.93. The maximum absolute atomic E-state index is 5.36. The summed E-state index contributed by atoms with van der Waals surface area (Å²) in [5, 5.41) is 1.36. The molecule has 1 aliphatic heterocycles. The first-order valence-corrected chi connectivity index (χ1v) is 10.7. The van der Waals surface area contributed by atoms with Crippen molar-refractivity contribution < 1.29 is 4.74 Å². The number of methoxy groups -OCH3 is 1. The zero-order valence-electron chi connectivity index (χ0n) is 18.9. The largest absolute Gasteiger partial charge is 0.497 e. The van der Waals surface area contributed by atoms with Gasteiger partial charge in [0.15, 0.2) is 0 Å². The summed E-state index contributed by atoms with van der Waals surface area (Å²) in [5.41, 5.74) is 4.34. The van der Waals surface area contributed by atoms with Crippen LogP contribution in [0.25, 0.3) is 10.9 Å². The van der Waals surface area contributed by atoms with Gasteiger partial charge in [-0.2, -0.15) is 0 Å². The lowest BCUT2D eigenvalue weighted by molar-refractivity contribution is 0.309. The Morgan fingerprint density at radius 3 is 2.43 bits per heavy atom. The SMILES string of the molecule is C/C=C\CC.C=CCCC.CCn1c2c(c3cc(OC)ccc31)CN(C)CC2. The number of allylic oxidation sites excluding steroid dienone is 3. The molecule has 0 N–H and O–H groups in total. The molecule has 0 spiro atoms. The van der Waals surface area contributed by atoms with Crippen molar-refractivity contribution in [2.75, 3.05) is 20.7 Å². The van der Waals surface area contributed by atoms with Crippen LogP contribution in [0.4, 0.5) is 0 Å². The molecule has 0 unspecified atom stereocenters. The number of aromatic nitrogens is 1. The van der Waals surface area contributed by atoms with Gasteiger partial charge in [-0.1, -0.05) is 38.5 Å². The highest BCUT2D eigenvalue weighted by atomic mass is 16.5. The summed E-state index contributed by atoms with van der Waals surface area (Å²) < 4.78 is 7.82. The van der Waals surface area contributed by atoms with E-state index in [1.807, 2.05) is 13.0 Å². The number of fused-ring (bicyclic) bond motifs is 3.